The zero-order valence-electron chi connectivity index (χ0n) is 10.4. The topological polar surface area (TPSA) is 102 Å². The number of carbonyl (C=O) groups excluding carboxylic acids is 2. The number of aliphatic hydroxyl groups is 1. The van der Waals surface area contributed by atoms with Crippen LogP contribution in [0.25, 0.3) is 0 Å². The first-order chi connectivity index (χ1) is 7.82. The predicted molar refractivity (Wildman–Crippen MR) is 61.7 cm³/mol. The molecule has 0 aromatic heterocycles. The van der Waals surface area contributed by atoms with Gasteiger partial charge < -0.3 is 15.7 Å². The molecular formula is C11H19N3O3. The smallest absolute Gasteiger partial charge is 0.310 e. The van der Waals surface area contributed by atoms with Gasteiger partial charge >= 0.3 is 11.8 Å². The van der Waals surface area contributed by atoms with Crippen LogP contribution < -0.4 is 10.6 Å². The van der Waals surface area contributed by atoms with Crippen molar-refractivity contribution in [3.63, 3.8) is 0 Å². The van der Waals surface area contributed by atoms with Crippen molar-refractivity contribution in [2.24, 2.45) is 5.41 Å². The van der Waals surface area contributed by atoms with Gasteiger partial charge in [0.2, 0.25) is 0 Å². The van der Waals surface area contributed by atoms with Gasteiger partial charge in [0.25, 0.3) is 0 Å². The summed E-state index contributed by atoms with van der Waals surface area (Å²) in [7, 11) is 0. The molecule has 0 rings (SSSR count). The van der Waals surface area contributed by atoms with E-state index in [4.69, 9.17) is 10.4 Å². The molecule has 96 valence electrons. The second-order valence-electron chi connectivity index (χ2n) is 4.75. The van der Waals surface area contributed by atoms with Crippen LogP contribution >= 0.6 is 0 Å². The van der Waals surface area contributed by atoms with Crippen molar-refractivity contribution >= 4 is 11.8 Å². The predicted octanol–water partition coefficient (Wildman–Crippen LogP) is -0.461. The number of hydrogen-bond donors (Lipinski definition) is 3. The van der Waals surface area contributed by atoms with Gasteiger partial charge in [-0.1, -0.05) is 20.8 Å². The van der Waals surface area contributed by atoms with Crippen molar-refractivity contribution in [3.05, 3.63) is 0 Å². The highest BCUT2D eigenvalue weighted by Crippen LogP contribution is 2.21. The summed E-state index contributed by atoms with van der Waals surface area (Å²) in [6.07, 6.45) is 0.376. The van der Waals surface area contributed by atoms with Gasteiger partial charge in [0.1, 0.15) is 6.54 Å². The Morgan fingerprint density at radius 3 is 2.35 bits per heavy atom. The van der Waals surface area contributed by atoms with Gasteiger partial charge in [-0.3, -0.25) is 9.59 Å². The van der Waals surface area contributed by atoms with Crippen molar-refractivity contribution < 1.29 is 14.7 Å². The fourth-order valence-electron chi connectivity index (χ4n) is 1.27. The minimum Gasteiger partial charge on any atom is -0.396 e. The van der Waals surface area contributed by atoms with Crippen LogP contribution in [0, 0.1) is 16.7 Å². The monoisotopic (exact) mass is 241 g/mol. The molecule has 17 heavy (non-hydrogen) atoms. The van der Waals surface area contributed by atoms with Gasteiger partial charge in [-0.15, -0.1) is 0 Å². The Balaban J connectivity index is 4.41. The summed E-state index contributed by atoms with van der Waals surface area (Å²) < 4.78 is 0. The largest absolute Gasteiger partial charge is 0.396 e. The Morgan fingerprint density at radius 1 is 1.35 bits per heavy atom. The summed E-state index contributed by atoms with van der Waals surface area (Å²) in [5.74, 6) is -1.62. The number of hydrogen-bond acceptors (Lipinski definition) is 4. The molecule has 6 heteroatoms. The minimum atomic E-state index is -0.835. The van der Waals surface area contributed by atoms with Crippen molar-refractivity contribution in [2.45, 2.75) is 33.2 Å². The summed E-state index contributed by atoms with van der Waals surface area (Å²) in [6.45, 7) is 5.44. The van der Waals surface area contributed by atoms with E-state index in [1.807, 2.05) is 20.8 Å². The van der Waals surface area contributed by atoms with Crippen LogP contribution in [0.3, 0.4) is 0 Å². The molecule has 3 N–H and O–H groups in total. The molecule has 0 aliphatic carbocycles. The third kappa shape index (κ3) is 5.88. The van der Waals surface area contributed by atoms with Crippen LogP contribution in [-0.4, -0.2) is 36.1 Å². The lowest BCUT2D eigenvalue weighted by Gasteiger charge is -2.30. The lowest BCUT2D eigenvalue weighted by molar-refractivity contribution is -0.140. The molecule has 2 amide bonds. The third-order valence-corrected chi connectivity index (χ3v) is 2.30. The van der Waals surface area contributed by atoms with E-state index in [1.165, 1.54) is 0 Å². The zero-order chi connectivity index (χ0) is 13.5. The average Bonchev–Trinajstić information content (AvgIpc) is 2.23. The number of rotatable bonds is 4. The lowest BCUT2D eigenvalue weighted by atomic mass is 9.85. The summed E-state index contributed by atoms with van der Waals surface area (Å²) in [5, 5.41) is 21.9. The Labute approximate surface area is 101 Å². The molecule has 0 heterocycles. The molecule has 0 saturated carbocycles. The van der Waals surface area contributed by atoms with Gasteiger partial charge in [-0.05, 0) is 11.8 Å². The highest BCUT2D eigenvalue weighted by molar-refractivity contribution is 6.35. The van der Waals surface area contributed by atoms with Gasteiger partial charge in [0.05, 0.1) is 6.07 Å². The number of carbonyl (C=O) groups is 2. The second kappa shape index (κ2) is 6.86. The van der Waals surface area contributed by atoms with Crippen LogP contribution in [0.4, 0.5) is 0 Å². The molecule has 0 fully saturated rings. The van der Waals surface area contributed by atoms with E-state index < -0.39 is 11.8 Å². The van der Waals surface area contributed by atoms with E-state index in [0.717, 1.165) is 0 Å². The van der Waals surface area contributed by atoms with Crippen LogP contribution in [0.2, 0.25) is 0 Å². The van der Waals surface area contributed by atoms with Crippen molar-refractivity contribution in [1.29, 1.82) is 5.26 Å². The van der Waals surface area contributed by atoms with E-state index >= 15 is 0 Å². The molecule has 1 unspecified atom stereocenters. The highest BCUT2D eigenvalue weighted by atomic mass is 16.3. The normalized spacial score (nSPS) is 12.4. The number of nitriles is 1. The standard InChI is InChI=1S/C11H19N3O3/c1-11(2,3)8(4-7-15)14-10(17)9(16)13-6-5-12/h8,15H,4,6-7H2,1-3H3,(H,13,16)(H,14,17). The summed E-state index contributed by atoms with van der Waals surface area (Å²) in [6, 6.07) is 1.41. The van der Waals surface area contributed by atoms with E-state index in [-0.39, 0.29) is 24.6 Å². The third-order valence-electron chi connectivity index (χ3n) is 2.30. The first-order valence-corrected chi connectivity index (χ1v) is 5.39. The fraction of sp³-hybridized carbons (Fsp3) is 0.727. The number of nitrogens with zero attached hydrogens (tertiary/aromatic N) is 1. The number of nitrogens with one attached hydrogen (secondary N) is 2. The van der Waals surface area contributed by atoms with Crippen molar-refractivity contribution in [2.75, 3.05) is 13.2 Å². The molecule has 0 spiro atoms. The molecule has 0 aromatic rings. The zero-order valence-corrected chi connectivity index (χ0v) is 10.4. The van der Waals surface area contributed by atoms with Gasteiger partial charge in [0, 0.05) is 12.6 Å². The van der Waals surface area contributed by atoms with Crippen LogP contribution in [0.1, 0.15) is 27.2 Å². The first kappa shape index (κ1) is 15.4. The Hall–Kier alpha value is -1.61. The molecule has 0 aromatic carbocycles. The highest BCUT2D eigenvalue weighted by Gasteiger charge is 2.27. The second-order valence-corrected chi connectivity index (χ2v) is 4.75. The lowest BCUT2D eigenvalue weighted by Crippen LogP contribution is -2.49. The summed E-state index contributed by atoms with van der Waals surface area (Å²) in [4.78, 5) is 22.7. The van der Waals surface area contributed by atoms with Gasteiger partial charge in [-0.2, -0.15) is 5.26 Å². The average molecular weight is 241 g/mol. The van der Waals surface area contributed by atoms with Crippen molar-refractivity contribution in [1.82, 2.24) is 10.6 Å². The van der Waals surface area contributed by atoms with E-state index in [0.29, 0.717) is 6.42 Å². The van der Waals surface area contributed by atoms with E-state index in [9.17, 15) is 9.59 Å². The molecular weight excluding hydrogens is 222 g/mol. The summed E-state index contributed by atoms with van der Waals surface area (Å²) in [5.41, 5.74) is -0.256. The Morgan fingerprint density at radius 2 is 1.94 bits per heavy atom. The molecule has 0 saturated heterocycles. The fourth-order valence-corrected chi connectivity index (χ4v) is 1.27. The maximum atomic E-state index is 11.5. The maximum absolute atomic E-state index is 11.5. The summed E-state index contributed by atoms with van der Waals surface area (Å²) >= 11 is 0. The quantitative estimate of drug-likeness (QED) is 0.458. The molecule has 1 atom stereocenters. The van der Waals surface area contributed by atoms with Crippen LogP contribution in [0.15, 0.2) is 0 Å². The molecule has 6 nitrogen and oxygen atoms in total. The molecule has 0 radical (unpaired) electrons. The van der Waals surface area contributed by atoms with Crippen molar-refractivity contribution in [3.8, 4) is 6.07 Å². The van der Waals surface area contributed by atoms with Crippen LogP contribution in [0.5, 0.6) is 0 Å². The maximum Gasteiger partial charge on any atom is 0.310 e. The molecule has 0 aliphatic rings. The molecule has 0 aliphatic heterocycles. The number of aliphatic hydroxyl groups excluding tert-OH is 1. The Kier molecular flexibility index (Phi) is 6.21. The van der Waals surface area contributed by atoms with Crippen LogP contribution in [-0.2, 0) is 9.59 Å². The SMILES string of the molecule is CC(C)(C)C(CCO)NC(=O)C(=O)NCC#N. The van der Waals surface area contributed by atoms with Gasteiger partial charge in [0.15, 0.2) is 0 Å². The van der Waals surface area contributed by atoms with E-state index in [2.05, 4.69) is 10.6 Å². The van der Waals surface area contributed by atoms with Gasteiger partial charge in [-0.25, -0.2) is 0 Å². The Bertz CT molecular complexity index is 315. The first-order valence-electron chi connectivity index (χ1n) is 5.39. The van der Waals surface area contributed by atoms with E-state index in [1.54, 1.807) is 6.07 Å². The number of amides is 2. The minimum absolute atomic E-state index is 0.0674. The molecule has 0 bridgehead atoms.